The van der Waals surface area contributed by atoms with E-state index in [2.05, 4.69) is 27.9 Å². The molecule has 3 N–H and O–H groups in total. The van der Waals surface area contributed by atoms with Crippen LogP contribution in [-0.4, -0.2) is 39.1 Å². The van der Waals surface area contributed by atoms with Crippen LogP contribution in [0, 0.1) is 10.8 Å². The van der Waals surface area contributed by atoms with Crippen LogP contribution in [0.3, 0.4) is 0 Å². The van der Waals surface area contributed by atoms with Gasteiger partial charge in [-0.15, -0.1) is 0 Å². The Labute approximate surface area is 129 Å². The van der Waals surface area contributed by atoms with Crippen molar-refractivity contribution in [1.29, 1.82) is 0 Å². The van der Waals surface area contributed by atoms with E-state index < -0.39 is 5.41 Å². The number of carbonyl (C=O) groups excluding carboxylic acids is 1. The summed E-state index contributed by atoms with van der Waals surface area (Å²) in [4.78, 5) is 16.1. The van der Waals surface area contributed by atoms with E-state index in [9.17, 15) is 4.79 Å². The molecule has 1 aliphatic rings. The first kappa shape index (κ1) is 17.8. The number of aliphatic imine (C=N–C) groups is 1. The minimum absolute atomic E-state index is 0.0336. The van der Waals surface area contributed by atoms with Crippen LogP contribution in [0.2, 0.25) is 0 Å². The molecule has 0 aliphatic heterocycles. The number of hydrogen-bond acceptors (Lipinski definition) is 2. The fraction of sp³-hybridized carbons (Fsp3) is 0.875. The largest absolute Gasteiger partial charge is 0.359 e. The molecule has 0 radical (unpaired) electrons. The highest BCUT2D eigenvalue weighted by molar-refractivity contribution is 5.84. The molecular weight excluding hydrogens is 264 g/mol. The lowest BCUT2D eigenvalue weighted by molar-refractivity contribution is -0.128. The number of guanidine groups is 1. The first-order valence-corrected chi connectivity index (χ1v) is 8.06. The Morgan fingerprint density at radius 2 is 1.86 bits per heavy atom. The zero-order valence-corrected chi connectivity index (χ0v) is 14.3. The molecule has 0 saturated heterocycles. The van der Waals surface area contributed by atoms with Gasteiger partial charge in [-0.3, -0.25) is 9.79 Å². The highest BCUT2D eigenvalue weighted by atomic mass is 16.2. The molecule has 0 unspecified atom stereocenters. The van der Waals surface area contributed by atoms with Gasteiger partial charge in [-0.05, 0) is 38.5 Å². The standard InChI is InChI=1S/C16H32N4O/c1-6-16(9-7-8-10-16)12-20-14(18-5)19-11-15(2,3)13(21)17-4/h6-12H2,1-5H3,(H,17,21)(H2,18,19,20). The van der Waals surface area contributed by atoms with E-state index in [1.807, 2.05) is 13.8 Å². The molecule has 5 nitrogen and oxygen atoms in total. The van der Waals surface area contributed by atoms with Crippen molar-refractivity contribution in [3.8, 4) is 0 Å². The van der Waals surface area contributed by atoms with Crippen LogP contribution in [0.15, 0.2) is 4.99 Å². The molecule has 0 atom stereocenters. The first-order valence-electron chi connectivity index (χ1n) is 8.06. The van der Waals surface area contributed by atoms with Crippen molar-refractivity contribution < 1.29 is 4.79 Å². The second-order valence-corrected chi connectivity index (χ2v) is 6.80. The van der Waals surface area contributed by atoms with Gasteiger partial charge in [-0.25, -0.2) is 0 Å². The van der Waals surface area contributed by atoms with Gasteiger partial charge in [0.05, 0.1) is 5.41 Å². The van der Waals surface area contributed by atoms with Gasteiger partial charge in [0, 0.05) is 27.2 Å². The average Bonchev–Trinajstić information content (AvgIpc) is 2.96. The third kappa shape index (κ3) is 4.90. The Hall–Kier alpha value is -1.26. The fourth-order valence-corrected chi connectivity index (χ4v) is 3.00. The van der Waals surface area contributed by atoms with Gasteiger partial charge in [-0.2, -0.15) is 0 Å². The molecule has 1 amide bonds. The monoisotopic (exact) mass is 296 g/mol. The normalized spacial score (nSPS) is 18.4. The molecule has 1 fully saturated rings. The summed E-state index contributed by atoms with van der Waals surface area (Å²) in [5, 5.41) is 9.41. The molecular formula is C16H32N4O. The number of hydrogen-bond donors (Lipinski definition) is 3. The minimum Gasteiger partial charge on any atom is -0.359 e. The molecule has 5 heteroatoms. The van der Waals surface area contributed by atoms with Crippen LogP contribution in [0.25, 0.3) is 0 Å². The van der Waals surface area contributed by atoms with Gasteiger partial charge in [0.15, 0.2) is 5.96 Å². The lowest BCUT2D eigenvalue weighted by Gasteiger charge is -2.29. The van der Waals surface area contributed by atoms with Gasteiger partial charge in [0.25, 0.3) is 0 Å². The molecule has 1 rings (SSSR count). The average molecular weight is 296 g/mol. The summed E-state index contributed by atoms with van der Waals surface area (Å²) in [6.45, 7) is 7.65. The molecule has 1 aliphatic carbocycles. The van der Waals surface area contributed by atoms with Gasteiger partial charge in [0.2, 0.25) is 5.91 Å². The number of carbonyl (C=O) groups is 1. The van der Waals surface area contributed by atoms with E-state index in [1.165, 1.54) is 32.1 Å². The maximum Gasteiger partial charge on any atom is 0.227 e. The van der Waals surface area contributed by atoms with Crippen LogP contribution in [0.4, 0.5) is 0 Å². The smallest absolute Gasteiger partial charge is 0.227 e. The molecule has 0 aromatic heterocycles. The quantitative estimate of drug-likeness (QED) is 0.518. The van der Waals surface area contributed by atoms with E-state index in [0.717, 1.165) is 12.5 Å². The first-order chi connectivity index (χ1) is 9.89. The van der Waals surface area contributed by atoms with Crippen molar-refractivity contribution >= 4 is 11.9 Å². The lowest BCUT2D eigenvalue weighted by Crippen LogP contribution is -2.48. The van der Waals surface area contributed by atoms with E-state index >= 15 is 0 Å². The van der Waals surface area contributed by atoms with Crippen molar-refractivity contribution in [3.63, 3.8) is 0 Å². The molecule has 0 heterocycles. The van der Waals surface area contributed by atoms with E-state index in [4.69, 9.17) is 0 Å². The van der Waals surface area contributed by atoms with Crippen LogP contribution in [0.1, 0.15) is 52.9 Å². The van der Waals surface area contributed by atoms with Crippen molar-refractivity contribution in [1.82, 2.24) is 16.0 Å². The van der Waals surface area contributed by atoms with E-state index in [1.54, 1.807) is 14.1 Å². The summed E-state index contributed by atoms with van der Waals surface area (Å²) < 4.78 is 0. The summed E-state index contributed by atoms with van der Waals surface area (Å²) in [6, 6.07) is 0. The Morgan fingerprint density at radius 1 is 1.24 bits per heavy atom. The number of nitrogens with zero attached hydrogens (tertiary/aromatic N) is 1. The summed E-state index contributed by atoms with van der Waals surface area (Å²) in [6.07, 6.45) is 6.49. The van der Waals surface area contributed by atoms with Gasteiger partial charge >= 0.3 is 0 Å². The van der Waals surface area contributed by atoms with E-state index in [0.29, 0.717) is 12.0 Å². The summed E-state index contributed by atoms with van der Waals surface area (Å²) in [5.41, 5.74) is -0.0316. The molecule has 0 spiro atoms. The number of rotatable bonds is 6. The van der Waals surface area contributed by atoms with E-state index in [-0.39, 0.29) is 5.91 Å². The summed E-state index contributed by atoms with van der Waals surface area (Å²) in [5.74, 6) is 0.818. The third-order valence-electron chi connectivity index (χ3n) is 4.81. The zero-order valence-electron chi connectivity index (χ0n) is 14.3. The number of amides is 1. The Morgan fingerprint density at radius 3 is 2.33 bits per heavy atom. The SMILES string of the molecule is CCC1(CNC(=NC)NCC(C)(C)C(=O)NC)CCCC1. The Balaban J connectivity index is 2.47. The van der Waals surface area contributed by atoms with Gasteiger partial charge < -0.3 is 16.0 Å². The lowest BCUT2D eigenvalue weighted by atomic mass is 9.83. The Kier molecular flexibility index (Phi) is 6.49. The predicted molar refractivity (Wildman–Crippen MR) is 88.4 cm³/mol. The number of nitrogens with one attached hydrogen (secondary N) is 3. The molecule has 122 valence electrons. The van der Waals surface area contributed by atoms with Crippen LogP contribution in [0.5, 0.6) is 0 Å². The van der Waals surface area contributed by atoms with Crippen molar-refractivity contribution in [2.24, 2.45) is 15.8 Å². The van der Waals surface area contributed by atoms with Gasteiger partial charge in [-0.1, -0.05) is 19.8 Å². The summed E-state index contributed by atoms with van der Waals surface area (Å²) >= 11 is 0. The highest BCUT2D eigenvalue weighted by Crippen LogP contribution is 2.40. The second kappa shape index (κ2) is 7.66. The highest BCUT2D eigenvalue weighted by Gasteiger charge is 2.32. The molecule has 0 aromatic carbocycles. The van der Waals surface area contributed by atoms with Crippen molar-refractivity contribution in [2.75, 3.05) is 27.2 Å². The predicted octanol–water partition coefficient (Wildman–Crippen LogP) is 1.89. The van der Waals surface area contributed by atoms with Crippen LogP contribution < -0.4 is 16.0 Å². The second-order valence-electron chi connectivity index (χ2n) is 6.80. The third-order valence-corrected chi connectivity index (χ3v) is 4.81. The Bertz CT molecular complexity index is 370. The fourth-order valence-electron chi connectivity index (χ4n) is 3.00. The van der Waals surface area contributed by atoms with Crippen LogP contribution >= 0.6 is 0 Å². The van der Waals surface area contributed by atoms with Crippen molar-refractivity contribution in [2.45, 2.75) is 52.9 Å². The molecule has 0 aromatic rings. The molecule has 0 bridgehead atoms. The zero-order chi connectivity index (χ0) is 15.9. The van der Waals surface area contributed by atoms with Crippen molar-refractivity contribution in [3.05, 3.63) is 0 Å². The maximum atomic E-state index is 11.8. The molecule has 21 heavy (non-hydrogen) atoms. The topological polar surface area (TPSA) is 65.5 Å². The molecule has 1 saturated carbocycles. The summed E-state index contributed by atoms with van der Waals surface area (Å²) in [7, 11) is 3.44. The maximum absolute atomic E-state index is 11.8. The van der Waals surface area contributed by atoms with Gasteiger partial charge in [0.1, 0.15) is 0 Å². The minimum atomic E-state index is -0.456. The van der Waals surface area contributed by atoms with Crippen LogP contribution in [-0.2, 0) is 4.79 Å².